The summed E-state index contributed by atoms with van der Waals surface area (Å²) >= 11 is 0. The third-order valence-corrected chi connectivity index (χ3v) is 5.97. The number of hydrogen-bond acceptors (Lipinski definition) is 6. The Hall–Kier alpha value is -2.28. The van der Waals surface area contributed by atoms with E-state index in [0.717, 1.165) is 24.1 Å². The molecular formula is C19H24NO6+. The maximum absolute atomic E-state index is 13.0. The van der Waals surface area contributed by atoms with Crippen LogP contribution in [0.25, 0.3) is 0 Å². The number of Topliss-reactive ketones (excluding diaryl/α,β-unsaturated/α-hetero) is 1. The summed E-state index contributed by atoms with van der Waals surface area (Å²) in [6, 6.07) is 1.90. The van der Waals surface area contributed by atoms with Crippen LogP contribution in [0.5, 0.6) is 17.2 Å². The van der Waals surface area contributed by atoms with E-state index in [9.17, 15) is 9.59 Å². The van der Waals surface area contributed by atoms with Gasteiger partial charge in [0.05, 0.1) is 39.3 Å². The number of quaternary nitrogens is 1. The van der Waals surface area contributed by atoms with E-state index in [2.05, 4.69) is 7.05 Å². The van der Waals surface area contributed by atoms with Crippen LogP contribution >= 0.6 is 0 Å². The molecule has 26 heavy (non-hydrogen) atoms. The molecule has 7 nitrogen and oxygen atoms in total. The fourth-order valence-electron chi connectivity index (χ4n) is 4.17. The smallest absolute Gasteiger partial charge is 0.319 e. The number of hydrogen-bond donors (Lipinski definition) is 1. The Morgan fingerprint density at radius 3 is 2.88 bits per heavy atom. The first-order chi connectivity index (χ1) is 12.5. The molecule has 3 aliphatic heterocycles. The van der Waals surface area contributed by atoms with E-state index in [1.54, 1.807) is 14.0 Å². The summed E-state index contributed by atoms with van der Waals surface area (Å²) in [5, 5.41) is 0. The van der Waals surface area contributed by atoms with Crippen LogP contribution in [-0.2, 0) is 20.7 Å². The molecule has 1 aromatic carbocycles. The monoisotopic (exact) mass is 362 g/mol. The number of rotatable bonds is 4. The lowest BCUT2D eigenvalue weighted by Crippen LogP contribution is -3.10. The van der Waals surface area contributed by atoms with E-state index in [0.29, 0.717) is 30.3 Å². The van der Waals surface area contributed by atoms with Gasteiger partial charge in [-0.05, 0) is 18.6 Å². The quantitative estimate of drug-likeness (QED) is 0.619. The summed E-state index contributed by atoms with van der Waals surface area (Å²) in [7, 11) is 3.68. The molecule has 1 N–H and O–H groups in total. The van der Waals surface area contributed by atoms with Gasteiger partial charge in [-0.1, -0.05) is 0 Å². The summed E-state index contributed by atoms with van der Waals surface area (Å²) in [5.74, 6) is 1.46. The Kier molecular flexibility index (Phi) is 4.06. The summed E-state index contributed by atoms with van der Waals surface area (Å²) in [6.45, 7) is 3.08. The predicted molar refractivity (Wildman–Crippen MR) is 90.6 cm³/mol. The van der Waals surface area contributed by atoms with Crippen molar-refractivity contribution in [3.05, 3.63) is 17.2 Å². The lowest BCUT2D eigenvalue weighted by molar-refractivity contribution is -0.914. The van der Waals surface area contributed by atoms with Crippen molar-refractivity contribution in [3.63, 3.8) is 0 Å². The molecule has 0 aliphatic carbocycles. The minimum absolute atomic E-state index is 0.0723. The van der Waals surface area contributed by atoms with Crippen LogP contribution in [0.3, 0.4) is 0 Å². The molecule has 3 heterocycles. The highest BCUT2D eigenvalue weighted by molar-refractivity contribution is 6.04. The molecule has 0 amide bonds. The maximum atomic E-state index is 13.0. The fourth-order valence-corrected chi connectivity index (χ4v) is 4.17. The molecule has 1 saturated heterocycles. The molecule has 4 rings (SSSR count). The zero-order valence-electron chi connectivity index (χ0n) is 15.3. The summed E-state index contributed by atoms with van der Waals surface area (Å²) in [5.41, 5.74) is 1.07. The van der Waals surface area contributed by atoms with Gasteiger partial charge < -0.3 is 23.8 Å². The van der Waals surface area contributed by atoms with Crippen molar-refractivity contribution < 1.29 is 33.4 Å². The molecule has 0 saturated carbocycles. The van der Waals surface area contributed by atoms with Gasteiger partial charge in [0, 0.05) is 12.8 Å². The number of cyclic esters (lactones) is 1. The molecule has 1 fully saturated rings. The standard InChI is InChI=1S/C19H23NO6/c1-19(5-7-24-18(19)22)14(21)9-12-15-11(4-6-20(12)2)8-13-16(17(15)23-3)26-10-25-13/h8,12H,4-7,9-10H2,1-3H3/p+1/t12-,19-/m0/s1. The Morgan fingerprint density at radius 1 is 1.38 bits per heavy atom. The largest absolute Gasteiger partial charge is 0.492 e. The van der Waals surface area contributed by atoms with E-state index in [-0.39, 0.29) is 25.0 Å². The summed E-state index contributed by atoms with van der Waals surface area (Å²) < 4.78 is 21.8. The van der Waals surface area contributed by atoms with E-state index in [4.69, 9.17) is 18.9 Å². The van der Waals surface area contributed by atoms with Crippen LogP contribution in [0.15, 0.2) is 6.07 Å². The average Bonchev–Trinajstić information content (AvgIpc) is 3.22. The Bertz CT molecular complexity index is 776. The van der Waals surface area contributed by atoms with Crippen molar-refractivity contribution in [2.24, 2.45) is 5.41 Å². The molecule has 0 radical (unpaired) electrons. The van der Waals surface area contributed by atoms with Crippen LogP contribution in [0.2, 0.25) is 0 Å². The number of methoxy groups -OCH3 is 1. The van der Waals surface area contributed by atoms with Gasteiger partial charge in [0.1, 0.15) is 11.5 Å². The SMILES string of the molecule is COc1c2c(cc3c1[C@H](CC(=O)[C@]1(C)CCOC1=O)[NH+](C)CC3)OCO2. The van der Waals surface area contributed by atoms with Gasteiger partial charge in [0.2, 0.25) is 12.5 Å². The molecule has 1 aromatic rings. The molecule has 0 bridgehead atoms. The van der Waals surface area contributed by atoms with Gasteiger partial charge in [-0.3, -0.25) is 9.59 Å². The lowest BCUT2D eigenvalue weighted by atomic mass is 9.79. The van der Waals surface area contributed by atoms with E-state index < -0.39 is 11.4 Å². The number of nitrogens with one attached hydrogen (secondary N) is 1. The molecule has 0 spiro atoms. The first-order valence-electron chi connectivity index (χ1n) is 8.98. The fraction of sp³-hybridized carbons (Fsp3) is 0.579. The first kappa shape index (κ1) is 17.1. The maximum Gasteiger partial charge on any atom is 0.319 e. The van der Waals surface area contributed by atoms with Gasteiger partial charge in [-0.25, -0.2) is 0 Å². The third kappa shape index (κ3) is 2.45. The van der Waals surface area contributed by atoms with Gasteiger partial charge in [-0.2, -0.15) is 0 Å². The molecule has 3 aliphatic rings. The molecular weight excluding hydrogens is 338 g/mol. The number of esters is 1. The topological polar surface area (TPSA) is 75.5 Å². The number of carbonyl (C=O) groups excluding carboxylic acids is 2. The minimum Gasteiger partial charge on any atom is -0.492 e. The average molecular weight is 362 g/mol. The van der Waals surface area contributed by atoms with Crippen LogP contribution in [0, 0.1) is 5.41 Å². The number of ether oxygens (including phenoxy) is 4. The highest BCUT2D eigenvalue weighted by Gasteiger charge is 2.49. The number of benzene rings is 1. The summed E-state index contributed by atoms with van der Waals surface area (Å²) in [6.07, 6.45) is 1.58. The van der Waals surface area contributed by atoms with Crippen molar-refractivity contribution in [2.75, 3.05) is 34.1 Å². The number of carbonyl (C=O) groups is 2. The third-order valence-electron chi connectivity index (χ3n) is 5.97. The van der Waals surface area contributed by atoms with Crippen molar-refractivity contribution in [1.82, 2.24) is 0 Å². The van der Waals surface area contributed by atoms with Crippen LogP contribution in [0.1, 0.15) is 36.9 Å². The van der Waals surface area contributed by atoms with Crippen molar-refractivity contribution in [2.45, 2.75) is 32.2 Å². The van der Waals surface area contributed by atoms with Crippen LogP contribution < -0.4 is 19.1 Å². The zero-order chi connectivity index (χ0) is 18.5. The Morgan fingerprint density at radius 2 is 2.19 bits per heavy atom. The second-order valence-electron chi connectivity index (χ2n) is 7.46. The van der Waals surface area contributed by atoms with Gasteiger partial charge in [0.25, 0.3) is 0 Å². The molecule has 140 valence electrons. The van der Waals surface area contributed by atoms with Gasteiger partial charge in [0.15, 0.2) is 17.3 Å². The zero-order valence-corrected chi connectivity index (χ0v) is 15.3. The normalized spacial score (nSPS) is 29.3. The van der Waals surface area contributed by atoms with Gasteiger partial charge in [-0.15, -0.1) is 0 Å². The van der Waals surface area contributed by atoms with Crippen LogP contribution in [-0.4, -0.2) is 45.9 Å². The van der Waals surface area contributed by atoms with E-state index >= 15 is 0 Å². The number of fused-ring (bicyclic) bond motifs is 2. The Labute approximate surface area is 152 Å². The van der Waals surface area contributed by atoms with E-state index in [1.807, 2.05) is 6.07 Å². The first-order valence-corrected chi connectivity index (χ1v) is 8.98. The van der Waals surface area contributed by atoms with Crippen molar-refractivity contribution in [1.29, 1.82) is 0 Å². The summed E-state index contributed by atoms with van der Waals surface area (Å²) in [4.78, 5) is 26.3. The van der Waals surface area contributed by atoms with Crippen molar-refractivity contribution in [3.8, 4) is 17.2 Å². The molecule has 0 aromatic heterocycles. The second kappa shape index (κ2) is 6.16. The number of likely N-dealkylation sites (N-methyl/N-ethyl adjacent to an activating group) is 1. The Balaban J connectivity index is 1.72. The highest BCUT2D eigenvalue weighted by atomic mass is 16.7. The predicted octanol–water partition coefficient (Wildman–Crippen LogP) is 0.448. The molecule has 3 atom stereocenters. The van der Waals surface area contributed by atoms with Crippen LogP contribution in [0.4, 0.5) is 0 Å². The molecule has 7 heteroatoms. The van der Waals surface area contributed by atoms with Gasteiger partial charge >= 0.3 is 5.97 Å². The molecule has 1 unspecified atom stereocenters. The second-order valence-corrected chi connectivity index (χ2v) is 7.46. The lowest BCUT2D eigenvalue weighted by Gasteiger charge is -2.33. The minimum atomic E-state index is -1.04. The highest BCUT2D eigenvalue weighted by Crippen LogP contribution is 2.48. The van der Waals surface area contributed by atoms with Crippen molar-refractivity contribution >= 4 is 11.8 Å². The number of ketones is 1. The van der Waals surface area contributed by atoms with E-state index in [1.165, 1.54) is 4.90 Å².